The smallest absolute Gasteiger partial charge is 0.269 e. The van der Waals surface area contributed by atoms with Crippen molar-refractivity contribution in [3.8, 4) is 0 Å². The third-order valence-corrected chi connectivity index (χ3v) is 2.75. The molecule has 0 saturated carbocycles. The molecule has 0 aliphatic heterocycles. The summed E-state index contributed by atoms with van der Waals surface area (Å²) < 4.78 is 0. The lowest BCUT2D eigenvalue weighted by atomic mass is 10.0. The van der Waals surface area contributed by atoms with Crippen LogP contribution in [0.5, 0.6) is 0 Å². The first kappa shape index (κ1) is 12.8. The average molecular weight is 256 g/mol. The normalized spacial score (nSPS) is 11.3. The molecule has 0 aliphatic rings. The summed E-state index contributed by atoms with van der Waals surface area (Å²) in [5.41, 5.74) is 2.24. The van der Waals surface area contributed by atoms with Crippen LogP contribution in [-0.4, -0.2) is 15.8 Å². The Balaban J connectivity index is 2.18. The molecule has 2 aromatic rings. The van der Waals surface area contributed by atoms with Crippen LogP contribution in [0.25, 0.3) is 0 Å². The van der Waals surface area contributed by atoms with Crippen molar-refractivity contribution in [3.63, 3.8) is 0 Å². The first-order valence-electron chi connectivity index (χ1n) is 5.70. The highest BCUT2D eigenvalue weighted by Crippen LogP contribution is 2.14. The minimum absolute atomic E-state index is 0.0472. The Labute approximate surface area is 110 Å². The number of oxime groups is 1. The van der Waals surface area contributed by atoms with Crippen LogP contribution in [0, 0.1) is 10.1 Å². The molecule has 2 rings (SSSR count). The monoisotopic (exact) mass is 256 g/mol. The molecule has 0 saturated heterocycles. The van der Waals surface area contributed by atoms with E-state index in [-0.39, 0.29) is 5.69 Å². The minimum atomic E-state index is -0.442. The first-order chi connectivity index (χ1) is 9.20. The Hall–Kier alpha value is -2.69. The largest absolute Gasteiger partial charge is 0.411 e. The van der Waals surface area contributed by atoms with Gasteiger partial charge in [-0.2, -0.15) is 0 Å². The number of nitro groups is 1. The zero-order valence-corrected chi connectivity index (χ0v) is 10.1. The lowest BCUT2D eigenvalue weighted by Crippen LogP contribution is -2.05. The number of non-ortho nitro benzene ring substituents is 1. The molecule has 2 aromatic carbocycles. The van der Waals surface area contributed by atoms with Gasteiger partial charge in [0.15, 0.2) is 0 Å². The predicted molar refractivity (Wildman–Crippen MR) is 71.6 cm³/mol. The second-order valence-electron chi connectivity index (χ2n) is 4.01. The second-order valence-corrected chi connectivity index (χ2v) is 4.01. The van der Waals surface area contributed by atoms with E-state index in [9.17, 15) is 10.1 Å². The van der Waals surface area contributed by atoms with Crippen molar-refractivity contribution in [2.24, 2.45) is 5.16 Å². The van der Waals surface area contributed by atoms with E-state index in [0.717, 1.165) is 11.1 Å². The summed E-state index contributed by atoms with van der Waals surface area (Å²) in [5, 5.41) is 22.9. The van der Waals surface area contributed by atoms with Crippen molar-refractivity contribution < 1.29 is 10.1 Å². The van der Waals surface area contributed by atoms with Gasteiger partial charge in [-0.3, -0.25) is 10.1 Å². The van der Waals surface area contributed by atoms with Gasteiger partial charge in [-0.25, -0.2) is 0 Å². The molecule has 0 spiro atoms. The van der Waals surface area contributed by atoms with Crippen molar-refractivity contribution in [1.82, 2.24) is 0 Å². The zero-order valence-electron chi connectivity index (χ0n) is 10.1. The van der Waals surface area contributed by atoms with Crippen molar-refractivity contribution in [1.29, 1.82) is 0 Å². The second kappa shape index (κ2) is 5.77. The van der Waals surface area contributed by atoms with Gasteiger partial charge in [-0.05, 0) is 11.1 Å². The summed E-state index contributed by atoms with van der Waals surface area (Å²) in [6, 6.07) is 15.5. The van der Waals surface area contributed by atoms with Gasteiger partial charge in [0.2, 0.25) is 0 Å². The van der Waals surface area contributed by atoms with Crippen LogP contribution in [0.1, 0.15) is 11.1 Å². The van der Waals surface area contributed by atoms with E-state index in [4.69, 9.17) is 5.21 Å². The Morgan fingerprint density at radius 1 is 1.11 bits per heavy atom. The van der Waals surface area contributed by atoms with E-state index in [1.807, 2.05) is 30.3 Å². The van der Waals surface area contributed by atoms with Gasteiger partial charge in [0, 0.05) is 18.6 Å². The molecule has 0 bridgehead atoms. The fraction of sp³-hybridized carbons (Fsp3) is 0.0714. The summed E-state index contributed by atoms with van der Waals surface area (Å²) in [4.78, 5) is 10.1. The van der Waals surface area contributed by atoms with Gasteiger partial charge in [0.25, 0.3) is 5.69 Å². The van der Waals surface area contributed by atoms with Crippen molar-refractivity contribution in [2.75, 3.05) is 0 Å². The topological polar surface area (TPSA) is 75.7 Å². The third-order valence-electron chi connectivity index (χ3n) is 2.75. The molecular weight excluding hydrogens is 244 g/mol. The van der Waals surface area contributed by atoms with Gasteiger partial charge < -0.3 is 5.21 Å². The highest BCUT2D eigenvalue weighted by Gasteiger charge is 2.08. The molecule has 0 aliphatic carbocycles. The van der Waals surface area contributed by atoms with E-state index in [1.54, 1.807) is 12.1 Å². The van der Waals surface area contributed by atoms with E-state index < -0.39 is 4.92 Å². The molecule has 0 fully saturated rings. The lowest BCUT2D eigenvalue weighted by molar-refractivity contribution is -0.384. The molecular formula is C14H12N2O3. The van der Waals surface area contributed by atoms with Crippen LogP contribution >= 0.6 is 0 Å². The molecule has 0 radical (unpaired) electrons. The van der Waals surface area contributed by atoms with Gasteiger partial charge in [0.1, 0.15) is 0 Å². The summed E-state index contributed by atoms with van der Waals surface area (Å²) in [7, 11) is 0. The van der Waals surface area contributed by atoms with Crippen molar-refractivity contribution in [2.45, 2.75) is 6.42 Å². The van der Waals surface area contributed by atoms with Gasteiger partial charge >= 0.3 is 0 Å². The van der Waals surface area contributed by atoms with Crippen molar-refractivity contribution >= 4 is 11.4 Å². The summed E-state index contributed by atoms with van der Waals surface area (Å²) >= 11 is 0. The first-order valence-corrected chi connectivity index (χ1v) is 5.70. The number of nitrogens with zero attached hydrogens (tertiary/aromatic N) is 2. The summed E-state index contributed by atoms with van der Waals surface area (Å²) in [5.74, 6) is 0. The molecule has 1 N–H and O–H groups in total. The Bertz CT molecular complexity index is 592. The Morgan fingerprint density at radius 3 is 2.26 bits per heavy atom. The fourth-order valence-corrected chi connectivity index (χ4v) is 1.75. The standard InChI is InChI=1S/C14H12N2O3/c17-15-14(12-4-2-1-3-5-12)10-11-6-8-13(9-7-11)16(18)19/h1-9,17H,10H2/b15-14-. The molecule has 5 nitrogen and oxygen atoms in total. The van der Waals surface area contributed by atoms with Crippen molar-refractivity contribution in [3.05, 3.63) is 75.8 Å². The quantitative estimate of drug-likeness (QED) is 0.395. The lowest BCUT2D eigenvalue weighted by Gasteiger charge is -2.04. The molecule has 96 valence electrons. The SMILES string of the molecule is O=[N+]([O-])c1ccc(C/C(=N/O)c2ccccc2)cc1. The fourth-order valence-electron chi connectivity index (χ4n) is 1.75. The van der Waals surface area contributed by atoms with E-state index >= 15 is 0 Å². The minimum Gasteiger partial charge on any atom is -0.411 e. The summed E-state index contributed by atoms with van der Waals surface area (Å²) in [6.45, 7) is 0. The highest BCUT2D eigenvalue weighted by atomic mass is 16.6. The molecule has 19 heavy (non-hydrogen) atoms. The number of benzene rings is 2. The van der Waals surface area contributed by atoms with Crippen LogP contribution in [0.15, 0.2) is 59.8 Å². The van der Waals surface area contributed by atoms with E-state index in [1.165, 1.54) is 12.1 Å². The van der Waals surface area contributed by atoms with Crippen LogP contribution in [0.2, 0.25) is 0 Å². The number of nitro benzene ring substituents is 1. The number of hydrogen-bond donors (Lipinski definition) is 1. The van der Waals surface area contributed by atoms with Crippen LogP contribution in [-0.2, 0) is 6.42 Å². The zero-order chi connectivity index (χ0) is 13.7. The number of rotatable bonds is 4. The molecule has 0 amide bonds. The molecule has 5 heteroatoms. The molecule has 0 atom stereocenters. The highest BCUT2D eigenvalue weighted by molar-refractivity contribution is 6.01. The van der Waals surface area contributed by atoms with Crippen LogP contribution in [0.3, 0.4) is 0 Å². The number of hydrogen-bond acceptors (Lipinski definition) is 4. The Kier molecular flexibility index (Phi) is 3.87. The third kappa shape index (κ3) is 3.16. The van der Waals surface area contributed by atoms with Gasteiger partial charge in [0.05, 0.1) is 10.6 Å². The summed E-state index contributed by atoms with van der Waals surface area (Å²) in [6.07, 6.45) is 0.415. The molecule has 0 unspecified atom stereocenters. The van der Waals surface area contributed by atoms with Crippen LogP contribution in [0.4, 0.5) is 5.69 Å². The van der Waals surface area contributed by atoms with Gasteiger partial charge in [-0.1, -0.05) is 47.6 Å². The maximum Gasteiger partial charge on any atom is 0.269 e. The maximum atomic E-state index is 10.6. The van der Waals surface area contributed by atoms with E-state index in [2.05, 4.69) is 5.16 Å². The van der Waals surface area contributed by atoms with Crippen LogP contribution < -0.4 is 0 Å². The van der Waals surface area contributed by atoms with Gasteiger partial charge in [-0.15, -0.1) is 0 Å². The Morgan fingerprint density at radius 2 is 1.74 bits per heavy atom. The predicted octanol–water partition coefficient (Wildman–Crippen LogP) is 3.02. The van der Waals surface area contributed by atoms with E-state index in [0.29, 0.717) is 12.1 Å². The molecule has 0 aromatic heterocycles. The molecule has 0 heterocycles. The average Bonchev–Trinajstić information content (AvgIpc) is 2.46. The maximum absolute atomic E-state index is 10.6.